The van der Waals surface area contributed by atoms with Gasteiger partial charge in [-0.15, -0.1) is 11.8 Å². The van der Waals surface area contributed by atoms with Gasteiger partial charge in [0.05, 0.1) is 5.75 Å². The van der Waals surface area contributed by atoms with Gasteiger partial charge in [0.1, 0.15) is 6.04 Å². The van der Waals surface area contributed by atoms with Gasteiger partial charge in [-0.05, 0) is 55.5 Å². The molecular weight excluding hydrogens is 440 g/mol. The van der Waals surface area contributed by atoms with E-state index in [-0.39, 0.29) is 17.9 Å². The van der Waals surface area contributed by atoms with Crippen molar-refractivity contribution in [2.45, 2.75) is 70.3 Å². The van der Waals surface area contributed by atoms with Crippen LogP contribution in [-0.2, 0) is 21.9 Å². The number of benzene rings is 2. The fourth-order valence-electron chi connectivity index (χ4n) is 4.09. The van der Waals surface area contributed by atoms with Gasteiger partial charge >= 0.3 is 0 Å². The smallest absolute Gasteiger partial charge is 0.242 e. The Labute approximate surface area is 201 Å². The van der Waals surface area contributed by atoms with Gasteiger partial charge in [0, 0.05) is 23.4 Å². The van der Waals surface area contributed by atoms with Crippen LogP contribution < -0.4 is 5.32 Å². The molecule has 0 aromatic heterocycles. The highest BCUT2D eigenvalue weighted by atomic mass is 35.5. The van der Waals surface area contributed by atoms with Crippen LogP contribution in [0.3, 0.4) is 0 Å². The molecule has 1 N–H and O–H groups in total. The number of hydrogen-bond donors (Lipinski definition) is 1. The second-order valence-corrected chi connectivity index (χ2v) is 10.0. The summed E-state index contributed by atoms with van der Waals surface area (Å²) in [4.78, 5) is 28.0. The highest BCUT2D eigenvalue weighted by Gasteiger charge is 2.28. The number of nitrogens with zero attached hydrogens (tertiary/aromatic N) is 1. The molecule has 2 amide bonds. The first-order valence-corrected chi connectivity index (χ1v) is 12.9. The number of carbonyl (C=O) groups is 2. The van der Waals surface area contributed by atoms with Gasteiger partial charge in [0.25, 0.3) is 0 Å². The van der Waals surface area contributed by atoms with Crippen LogP contribution in [0.5, 0.6) is 0 Å². The van der Waals surface area contributed by atoms with Crippen LogP contribution in [0.2, 0.25) is 5.02 Å². The van der Waals surface area contributed by atoms with Crippen molar-refractivity contribution in [3.05, 3.63) is 70.2 Å². The van der Waals surface area contributed by atoms with E-state index >= 15 is 0 Å². The van der Waals surface area contributed by atoms with E-state index < -0.39 is 6.04 Å². The number of carbonyl (C=O) groups excluding carboxylic acids is 2. The van der Waals surface area contributed by atoms with E-state index in [1.807, 2.05) is 62.4 Å². The van der Waals surface area contributed by atoms with Crippen LogP contribution in [0.1, 0.15) is 55.7 Å². The lowest BCUT2D eigenvalue weighted by atomic mass is 9.95. The first-order valence-electron chi connectivity index (χ1n) is 11.4. The first-order chi connectivity index (χ1) is 15.4. The van der Waals surface area contributed by atoms with Gasteiger partial charge in [-0.2, -0.15) is 0 Å². The summed E-state index contributed by atoms with van der Waals surface area (Å²) in [7, 11) is 0. The van der Waals surface area contributed by atoms with Crippen molar-refractivity contribution in [2.24, 2.45) is 0 Å². The maximum absolute atomic E-state index is 13.3. The average molecular weight is 473 g/mol. The third-order valence-corrected chi connectivity index (χ3v) is 7.33. The van der Waals surface area contributed by atoms with E-state index in [2.05, 4.69) is 5.32 Å². The standard InChI is InChI=1S/C26H33ClN2O2S/c1-19-9-6-7-11-22(19)16-29(20(2)26(31)28-24-13-4-3-5-14-24)25(30)18-32-17-21-10-8-12-23(27)15-21/h6-12,15,20,24H,3-5,13-14,16-18H2,1-2H3,(H,28,31)/t20-/m0/s1. The van der Waals surface area contributed by atoms with Gasteiger partial charge in [-0.1, -0.05) is 67.3 Å². The van der Waals surface area contributed by atoms with E-state index in [1.165, 1.54) is 6.42 Å². The van der Waals surface area contributed by atoms with Crippen LogP contribution in [0.4, 0.5) is 0 Å². The minimum Gasteiger partial charge on any atom is -0.352 e. The second-order valence-electron chi connectivity index (χ2n) is 8.59. The van der Waals surface area contributed by atoms with E-state index in [4.69, 9.17) is 11.6 Å². The number of amides is 2. The van der Waals surface area contributed by atoms with E-state index in [0.717, 1.165) is 42.4 Å². The molecule has 1 aliphatic carbocycles. The van der Waals surface area contributed by atoms with Crippen molar-refractivity contribution in [3.8, 4) is 0 Å². The van der Waals surface area contributed by atoms with E-state index in [1.54, 1.807) is 16.7 Å². The van der Waals surface area contributed by atoms with Crippen molar-refractivity contribution in [1.82, 2.24) is 10.2 Å². The normalized spacial score (nSPS) is 15.2. The molecule has 0 saturated heterocycles. The summed E-state index contributed by atoms with van der Waals surface area (Å²) in [5, 5.41) is 3.89. The molecule has 172 valence electrons. The molecule has 1 aliphatic rings. The molecule has 0 heterocycles. The fraction of sp³-hybridized carbons (Fsp3) is 0.462. The van der Waals surface area contributed by atoms with E-state index in [9.17, 15) is 9.59 Å². The largest absolute Gasteiger partial charge is 0.352 e. The summed E-state index contributed by atoms with van der Waals surface area (Å²) in [6.07, 6.45) is 5.61. The Morgan fingerprint density at radius 2 is 1.88 bits per heavy atom. The zero-order valence-electron chi connectivity index (χ0n) is 19.0. The summed E-state index contributed by atoms with van der Waals surface area (Å²) in [5.41, 5.74) is 3.28. The highest BCUT2D eigenvalue weighted by molar-refractivity contribution is 7.99. The topological polar surface area (TPSA) is 49.4 Å². The number of aryl methyl sites for hydroxylation is 1. The third-order valence-electron chi connectivity index (χ3n) is 6.10. The van der Waals surface area contributed by atoms with Gasteiger partial charge in [-0.3, -0.25) is 9.59 Å². The third kappa shape index (κ3) is 7.28. The zero-order valence-corrected chi connectivity index (χ0v) is 20.6. The second kappa shape index (κ2) is 12.3. The monoisotopic (exact) mass is 472 g/mol. The van der Waals surface area contributed by atoms with Gasteiger partial charge in [0.15, 0.2) is 0 Å². The Hall–Kier alpha value is -1.98. The van der Waals surface area contributed by atoms with Crippen molar-refractivity contribution in [1.29, 1.82) is 0 Å². The van der Waals surface area contributed by atoms with Gasteiger partial charge in [0.2, 0.25) is 11.8 Å². The quantitative estimate of drug-likeness (QED) is 0.505. The number of hydrogen-bond acceptors (Lipinski definition) is 3. The summed E-state index contributed by atoms with van der Waals surface area (Å²) in [5.74, 6) is 0.942. The fourth-order valence-corrected chi connectivity index (χ4v) is 5.16. The molecule has 0 spiro atoms. The molecule has 0 unspecified atom stereocenters. The molecule has 6 heteroatoms. The Morgan fingerprint density at radius 1 is 1.12 bits per heavy atom. The molecule has 0 bridgehead atoms. The van der Waals surface area contributed by atoms with Gasteiger partial charge < -0.3 is 10.2 Å². The Kier molecular flexibility index (Phi) is 9.49. The Morgan fingerprint density at radius 3 is 2.59 bits per heavy atom. The van der Waals surface area contributed by atoms with Crippen molar-refractivity contribution in [3.63, 3.8) is 0 Å². The van der Waals surface area contributed by atoms with Crippen LogP contribution >= 0.6 is 23.4 Å². The summed E-state index contributed by atoms with van der Waals surface area (Å²) in [6.45, 7) is 4.32. The predicted octanol–water partition coefficient (Wildman–Crippen LogP) is 5.75. The molecule has 32 heavy (non-hydrogen) atoms. The molecule has 0 radical (unpaired) electrons. The lowest BCUT2D eigenvalue weighted by molar-refractivity contribution is -0.139. The SMILES string of the molecule is Cc1ccccc1CN(C(=O)CSCc1cccc(Cl)c1)[C@@H](C)C(=O)NC1CCCCC1. The number of halogens is 1. The molecule has 0 aliphatic heterocycles. The number of rotatable bonds is 9. The molecule has 1 fully saturated rings. The molecule has 1 atom stereocenters. The minimum absolute atomic E-state index is 0.0217. The average Bonchev–Trinajstić information content (AvgIpc) is 2.78. The zero-order chi connectivity index (χ0) is 22.9. The maximum atomic E-state index is 13.3. The number of nitrogens with one attached hydrogen (secondary N) is 1. The van der Waals surface area contributed by atoms with Crippen molar-refractivity contribution >= 4 is 35.2 Å². The van der Waals surface area contributed by atoms with Crippen molar-refractivity contribution in [2.75, 3.05) is 5.75 Å². The summed E-state index contributed by atoms with van der Waals surface area (Å²) >= 11 is 7.62. The Balaban J connectivity index is 1.66. The minimum atomic E-state index is -0.518. The van der Waals surface area contributed by atoms with Crippen LogP contribution in [0, 0.1) is 6.92 Å². The van der Waals surface area contributed by atoms with Crippen LogP contribution in [0.15, 0.2) is 48.5 Å². The molecular formula is C26H33ClN2O2S. The summed E-state index contributed by atoms with van der Waals surface area (Å²) < 4.78 is 0. The highest BCUT2D eigenvalue weighted by Crippen LogP contribution is 2.21. The summed E-state index contributed by atoms with van der Waals surface area (Å²) in [6, 6.07) is 15.4. The van der Waals surface area contributed by atoms with Crippen molar-refractivity contribution < 1.29 is 9.59 Å². The molecule has 2 aromatic rings. The Bertz CT molecular complexity index is 914. The lowest BCUT2D eigenvalue weighted by Crippen LogP contribution is -2.50. The van der Waals surface area contributed by atoms with E-state index in [0.29, 0.717) is 23.1 Å². The van der Waals surface area contributed by atoms with Gasteiger partial charge in [-0.25, -0.2) is 0 Å². The molecule has 2 aromatic carbocycles. The molecule has 4 nitrogen and oxygen atoms in total. The lowest BCUT2D eigenvalue weighted by Gasteiger charge is -2.31. The maximum Gasteiger partial charge on any atom is 0.242 e. The molecule has 3 rings (SSSR count). The number of thioether (sulfide) groups is 1. The molecule has 1 saturated carbocycles. The first kappa shape index (κ1) is 24.7. The predicted molar refractivity (Wildman–Crippen MR) is 134 cm³/mol. The van der Waals surface area contributed by atoms with Crippen LogP contribution in [0.25, 0.3) is 0 Å². The van der Waals surface area contributed by atoms with Crippen LogP contribution in [-0.4, -0.2) is 34.6 Å².